The van der Waals surface area contributed by atoms with E-state index in [4.69, 9.17) is 0 Å². The Hall–Kier alpha value is -1.39. The maximum atomic E-state index is 11.8. The normalized spacial score (nSPS) is 18.4. The van der Waals surface area contributed by atoms with Gasteiger partial charge in [0.25, 0.3) is 0 Å². The van der Waals surface area contributed by atoms with Gasteiger partial charge < -0.3 is 15.5 Å². The molecule has 1 heterocycles. The Morgan fingerprint density at radius 3 is 2.90 bits per heavy atom. The highest BCUT2D eigenvalue weighted by atomic mass is 16.2. The number of nitrogens with one attached hydrogen (secondary N) is 2. The van der Waals surface area contributed by atoms with Crippen LogP contribution in [0.5, 0.6) is 0 Å². The Bertz CT molecular complexity index is 401. The van der Waals surface area contributed by atoms with Crippen LogP contribution in [0.15, 0.2) is 30.3 Å². The second-order valence-corrected chi connectivity index (χ2v) is 5.52. The molecule has 4 nitrogen and oxygen atoms in total. The number of hydrogen-bond donors (Lipinski definition) is 2. The fourth-order valence-electron chi connectivity index (χ4n) is 2.57. The zero-order chi connectivity index (χ0) is 14.2. The van der Waals surface area contributed by atoms with E-state index in [9.17, 15) is 4.79 Å². The number of carbonyl (C=O) groups excluding carboxylic acids is 1. The van der Waals surface area contributed by atoms with Crippen molar-refractivity contribution in [2.45, 2.75) is 31.8 Å². The zero-order valence-corrected chi connectivity index (χ0v) is 12.3. The van der Waals surface area contributed by atoms with Crippen LogP contribution < -0.4 is 10.6 Å². The molecule has 0 aliphatic carbocycles. The highest BCUT2D eigenvalue weighted by Crippen LogP contribution is 2.05. The molecule has 110 valence electrons. The number of benzene rings is 1. The molecule has 1 aliphatic rings. The quantitative estimate of drug-likeness (QED) is 0.739. The monoisotopic (exact) mass is 275 g/mol. The van der Waals surface area contributed by atoms with Crippen molar-refractivity contribution < 1.29 is 4.79 Å². The lowest BCUT2D eigenvalue weighted by Gasteiger charge is -2.17. The van der Waals surface area contributed by atoms with Crippen LogP contribution in [-0.4, -0.2) is 43.5 Å². The molecule has 2 rings (SSSR count). The molecule has 1 aromatic rings. The second kappa shape index (κ2) is 8.02. The van der Waals surface area contributed by atoms with Crippen molar-refractivity contribution in [2.75, 3.05) is 26.7 Å². The van der Waals surface area contributed by atoms with Gasteiger partial charge in [-0.2, -0.15) is 0 Å². The molecular formula is C16H25N3O. The maximum Gasteiger partial charge on any atom is 0.237 e. The molecule has 2 N–H and O–H groups in total. The van der Waals surface area contributed by atoms with E-state index in [0.29, 0.717) is 0 Å². The summed E-state index contributed by atoms with van der Waals surface area (Å²) in [5.41, 5.74) is 1.33. The number of carbonyl (C=O) groups is 1. The Balaban J connectivity index is 1.57. The van der Waals surface area contributed by atoms with E-state index in [0.717, 1.165) is 45.4 Å². The van der Waals surface area contributed by atoms with Crippen LogP contribution in [0.3, 0.4) is 0 Å². The predicted octanol–water partition coefficient (Wildman–Crippen LogP) is 1.38. The molecule has 1 amide bonds. The average Bonchev–Trinajstić information content (AvgIpc) is 2.99. The second-order valence-electron chi connectivity index (χ2n) is 5.52. The molecule has 1 unspecified atom stereocenters. The van der Waals surface area contributed by atoms with E-state index in [1.54, 1.807) is 0 Å². The summed E-state index contributed by atoms with van der Waals surface area (Å²) in [6.07, 6.45) is 3.07. The van der Waals surface area contributed by atoms with Crippen LogP contribution in [0.4, 0.5) is 0 Å². The maximum absolute atomic E-state index is 11.8. The molecule has 1 aliphatic heterocycles. The minimum absolute atomic E-state index is 0.0389. The highest BCUT2D eigenvalue weighted by Gasteiger charge is 2.21. The standard InChI is InChI=1S/C16H25N3O/c1-19(13-14-7-3-2-4-8-14)12-6-11-18-16(20)15-9-5-10-17-15/h2-4,7-8,15,17H,5-6,9-13H2,1H3,(H,18,20). The Labute approximate surface area is 121 Å². The molecule has 0 bridgehead atoms. The first-order valence-corrected chi connectivity index (χ1v) is 7.49. The van der Waals surface area contributed by atoms with Gasteiger partial charge in [-0.05, 0) is 45.0 Å². The van der Waals surface area contributed by atoms with Gasteiger partial charge in [0.05, 0.1) is 6.04 Å². The SMILES string of the molecule is CN(CCCNC(=O)C1CCCN1)Cc1ccccc1. The van der Waals surface area contributed by atoms with Crippen LogP contribution in [0.1, 0.15) is 24.8 Å². The van der Waals surface area contributed by atoms with Crippen molar-refractivity contribution >= 4 is 5.91 Å². The smallest absolute Gasteiger partial charge is 0.237 e. The van der Waals surface area contributed by atoms with Gasteiger partial charge in [-0.15, -0.1) is 0 Å². The molecule has 0 radical (unpaired) electrons. The number of hydrogen-bond acceptors (Lipinski definition) is 3. The van der Waals surface area contributed by atoms with Gasteiger partial charge in [-0.3, -0.25) is 4.79 Å². The van der Waals surface area contributed by atoms with E-state index in [1.807, 2.05) is 6.07 Å². The van der Waals surface area contributed by atoms with Crippen molar-refractivity contribution in [3.8, 4) is 0 Å². The van der Waals surface area contributed by atoms with Crippen LogP contribution in [0.25, 0.3) is 0 Å². The Kier molecular flexibility index (Phi) is 6.02. The van der Waals surface area contributed by atoms with Gasteiger partial charge in [0, 0.05) is 13.1 Å². The summed E-state index contributed by atoms with van der Waals surface area (Å²) in [6, 6.07) is 10.5. The van der Waals surface area contributed by atoms with Gasteiger partial charge in [0.2, 0.25) is 5.91 Å². The van der Waals surface area contributed by atoms with E-state index in [1.165, 1.54) is 5.56 Å². The van der Waals surface area contributed by atoms with Crippen LogP contribution in [0.2, 0.25) is 0 Å². The summed E-state index contributed by atoms with van der Waals surface area (Å²) < 4.78 is 0. The molecule has 0 aromatic heterocycles. The molecule has 4 heteroatoms. The lowest BCUT2D eigenvalue weighted by Crippen LogP contribution is -2.41. The van der Waals surface area contributed by atoms with E-state index in [2.05, 4.69) is 46.8 Å². The average molecular weight is 275 g/mol. The fraction of sp³-hybridized carbons (Fsp3) is 0.562. The minimum Gasteiger partial charge on any atom is -0.355 e. The zero-order valence-electron chi connectivity index (χ0n) is 12.3. The Morgan fingerprint density at radius 2 is 2.20 bits per heavy atom. The molecule has 20 heavy (non-hydrogen) atoms. The lowest BCUT2D eigenvalue weighted by atomic mass is 10.2. The first-order valence-electron chi connectivity index (χ1n) is 7.49. The number of rotatable bonds is 7. The molecule has 1 saturated heterocycles. The Morgan fingerprint density at radius 1 is 1.40 bits per heavy atom. The predicted molar refractivity (Wildman–Crippen MR) is 81.4 cm³/mol. The molecule has 1 aromatic carbocycles. The van der Waals surface area contributed by atoms with Gasteiger partial charge >= 0.3 is 0 Å². The van der Waals surface area contributed by atoms with Crippen molar-refractivity contribution in [1.82, 2.24) is 15.5 Å². The van der Waals surface area contributed by atoms with Gasteiger partial charge in [-0.1, -0.05) is 30.3 Å². The number of nitrogens with zero attached hydrogens (tertiary/aromatic N) is 1. The third kappa shape index (κ3) is 4.94. The molecule has 1 fully saturated rings. The molecule has 1 atom stereocenters. The van der Waals surface area contributed by atoms with Crippen LogP contribution in [-0.2, 0) is 11.3 Å². The summed E-state index contributed by atoms with van der Waals surface area (Å²) >= 11 is 0. The highest BCUT2D eigenvalue weighted by molar-refractivity contribution is 5.81. The first kappa shape index (κ1) is 15.0. The summed E-state index contributed by atoms with van der Waals surface area (Å²) in [5.74, 6) is 0.160. The molecule has 0 spiro atoms. The van der Waals surface area contributed by atoms with Crippen LogP contribution >= 0.6 is 0 Å². The molecular weight excluding hydrogens is 250 g/mol. The summed E-state index contributed by atoms with van der Waals surface area (Å²) in [4.78, 5) is 14.1. The summed E-state index contributed by atoms with van der Waals surface area (Å²) in [5, 5.41) is 6.23. The number of amides is 1. The summed E-state index contributed by atoms with van der Waals surface area (Å²) in [7, 11) is 2.12. The van der Waals surface area contributed by atoms with Crippen molar-refractivity contribution in [3.63, 3.8) is 0 Å². The fourth-order valence-corrected chi connectivity index (χ4v) is 2.57. The third-order valence-electron chi connectivity index (χ3n) is 3.69. The van der Waals surface area contributed by atoms with Crippen LogP contribution in [0, 0.1) is 0 Å². The van der Waals surface area contributed by atoms with Crippen molar-refractivity contribution in [1.29, 1.82) is 0 Å². The van der Waals surface area contributed by atoms with E-state index >= 15 is 0 Å². The topological polar surface area (TPSA) is 44.4 Å². The first-order chi connectivity index (χ1) is 9.75. The lowest BCUT2D eigenvalue weighted by molar-refractivity contribution is -0.122. The van der Waals surface area contributed by atoms with Crippen molar-refractivity contribution in [2.24, 2.45) is 0 Å². The van der Waals surface area contributed by atoms with Gasteiger partial charge in [0.1, 0.15) is 0 Å². The third-order valence-corrected chi connectivity index (χ3v) is 3.69. The summed E-state index contributed by atoms with van der Waals surface area (Å²) in [6.45, 7) is 3.68. The van der Waals surface area contributed by atoms with Crippen molar-refractivity contribution in [3.05, 3.63) is 35.9 Å². The van der Waals surface area contributed by atoms with Gasteiger partial charge in [0.15, 0.2) is 0 Å². The minimum atomic E-state index is 0.0389. The van der Waals surface area contributed by atoms with Gasteiger partial charge in [-0.25, -0.2) is 0 Å². The van der Waals surface area contributed by atoms with E-state index < -0.39 is 0 Å². The van der Waals surface area contributed by atoms with E-state index in [-0.39, 0.29) is 11.9 Å². The largest absolute Gasteiger partial charge is 0.355 e. The molecule has 0 saturated carbocycles.